The van der Waals surface area contributed by atoms with Crippen molar-refractivity contribution in [2.75, 3.05) is 11.1 Å². The van der Waals surface area contributed by atoms with Crippen LogP contribution in [0.4, 0.5) is 17.1 Å². The number of nitrogens with two attached hydrogens (primary N) is 1. The van der Waals surface area contributed by atoms with Gasteiger partial charge in [0, 0.05) is 5.69 Å². The Morgan fingerprint density at radius 1 is 1.11 bits per heavy atom. The van der Waals surface area contributed by atoms with Gasteiger partial charge in [-0.05, 0) is 38.1 Å². The molecule has 0 aliphatic rings. The van der Waals surface area contributed by atoms with Gasteiger partial charge in [0.1, 0.15) is 0 Å². The summed E-state index contributed by atoms with van der Waals surface area (Å²) in [6.07, 6.45) is 0. The SMILES string of the molecule is Cc1ccc(Nc2cc3nc(C)sc3cc2N)cc1. The van der Waals surface area contributed by atoms with E-state index in [-0.39, 0.29) is 0 Å². The lowest BCUT2D eigenvalue weighted by atomic mass is 10.2. The Bertz CT molecular complexity index is 729. The second-order valence-corrected chi connectivity index (χ2v) is 5.87. The van der Waals surface area contributed by atoms with Crippen molar-refractivity contribution in [2.45, 2.75) is 13.8 Å². The summed E-state index contributed by atoms with van der Waals surface area (Å²) in [6, 6.07) is 12.2. The molecular formula is C15H15N3S. The number of nitrogens with zero attached hydrogens (tertiary/aromatic N) is 1. The summed E-state index contributed by atoms with van der Waals surface area (Å²) in [7, 11) is 0. The van der Waals surface area contributed by atoms with Gasteiger partial charge in [0.05, 0.1) is 26.6 Å². The third-order valence-corrected chi connectivity index (χ3v) is 3.93. The Kier molecular flexibility index (Phi) is 2.87. The van der Waals surface area contributed by atoms with Crippen LogP contribution in [0, 0.1) is 13.8 Å². The molecule has 0 saturated carbocycles. The normalized spacial score (nSPS) is 10.8. The largest absolute Gasteiger partial charge is 0.397 e. The lowest BCUT2D eigenvalue weighted by molar-refractivity contribution is 1.35. The molecule has 19 heavy (non-hydrogen) atoms. The Morgan fingerprint density at radius 2 is 1.84 bits per heavy atom. The zero-order valence-electron chi connectivity index (χ0n) is 10.9. The first-order valence-electron chi connectivity index (χ1n) is 6.12. The fraction of sp³-hybridized carbons (Fsp3) is 0.133. The zero-order valence-corrected chi connectivity index (χ0v) is 11.7. The summed E-state index contributed by atoms with van der Waals surface area (Å²) >= 11 is 1.66. The van der Waals surface area contributed by atoms with Crippen molar-refractivity contribution in [3.63, 3.8) is 0 Å². The molecule has 0 radical (unpaired) electrons. The lowest BCUT2D eigenvalue weighted by Crippen LogP contribution is -1.96. The first-order chi connectivity index (χ1) is 9.11. The maximum absolute atomic E-state index is 6.09. The predicted molar refractivity (Wildman–Crippen MR) is 83.2 cm³/mol. The van der Waals surface area contributed by atoms with Crippen molar-refractivity contribution >= 4 is 38.6 Å². The second-order valence-electron chi connectivity index (χ2n) is 4.63. The van der Waals surface area contributed by atoms with E-state index in [1.807, 2.05) is 31.2 Å². The van der Waals surface area contributed by atoms with Crippen LogP contribution in [-0.4, -0.2) is 4.98 Å². The molecule has 96 valence electrons. The van der Waals surface area contributed by atoms with Gasteiger partial charge in [-0.3, -0.25) is 0 Å². The van der Waals surface area contributed by atoms with E-state index in [9.17, 15) is 0 Å². The average Bonchev–Trinajstić information content (AvgIpc) is 2.72. The monoisotopic (exact) mass is 269 g/mol. The molecule has 3 N–H and O–H groups in total. The van der Waals surface area contributed by atoms with E-state index in [4.69, 9.17) is 5.73 Å². The first kappa shape index (κ1) is 12.0. The molecule has 0 bridgehead atoms. The number of benzene rings is 2. The third-order valence-electron chi connectivity index (χ3n) is 3.00. The molecule has 3 rings (SSSR count). The first-order valence-corrected chi connectivity index (χ1v) is 6.94. The van der Waals surface area contributed by atoms with Gasteiger partial charge >= 0.3 is 0 Å². The molecule has 0 fully saturated rings. The molecule has 0 atom stereocenters. The Morgan fingerprint density at radius 3 is 2.58 bits per heavy atom. The van der Waals surface area contributed by atoms with Crippen molar-refractivity contribution in [3.8, 4) is 0 Å². The molecule has 0 amide bonds. The number of aromatic nitrogens is 1. The minimum atomic E-state index is 0.747. The molecule has 0 aliphatic heterocycles. The molecule has 1 aromatic heterocycles. The van der Waals surface area contributed by atoms with Crippen molar-refractivity contribution in [3.05, 3.63) is 47.0 Å². The van der Waals surface area contributed by atoms with Crippen LogP contribution in [-0.2, 0) is 0 Å². The van der Waals surface area contributed by atoms with Gasteiger partial charge in [-0.2, -0.15) is 0 Å². The smallest absolute Gasteiger partial charge is 0.0907 e. The van der Waals surface area contributed by atoms with Crippen LogP contribution in [0.25, 0.3) is 10.2 Å². The summed E-state index contributed by atoms with van der Waals surface area (Å²) in [5.41, 5.74) is 11.0. The van der Waals surface area contributed by atoms with Crippen molar-refractivity contribution < 1.29 is 0 Å². The molecule has 0 saturated heterocycles. The molecule has 3 nitrogen and oxygen atoms in total. The van der Waals surface area contributed by atoms with E-state index in [0.29, 0.717) is 0 Å². The van der Waals surface area contributed by atoms with E-state index in [1.165, 1.54) is 5.56 Å². The molecule has 1 heterocycles. The van der Waals surface area contributed by atoms with Crippen LogP contribution in [0.1, 0.15) is 10.6 Å². The van der Waals surface area contributed by atoms with Crippen LogP contribution >= 0.6 is 11.3 Å². The van der Waals surface area contributed by atoms with E-state index in [2.05, 4.69) is 29.4 Å². The van der Waals surface area contributed by atoms with E-state index >= 15 is 0 Å². The molecule has 3 aromatic rings. The van der Waals surface area contributed by atoms with Gasteiger partial charge < -0.3 is 11.1 Å². The molecule has 4 heteroatoms. The van der Waals surface area contributed by atoms with Crippen LogP contribution in [0.5, 0.6) is 0 Å². The molecule has 2 aromatic carbocycles. The summed E-state index contributed by atoms with van der Waals surface area (Å²) in [6.45, 7) is 4.08. The number of fused-ring (bicyclic) bond motifs is 1. The number of thiazole rings is 1. The van der Waals surface area contributed by atoms with Gasteiger partial charge in [0.2, 0.25) is 0 Å². The van der Waals surface area contributed by atoms with Gasteiger partial charge in [-0.1, -0.05) is 17.7 Å². The Labute approximate surface area is 116 Å². The van der Waals surface area contributed by atoms with Crippen LogP contribution in [0.15, 0.2) is 36.4 Å². The number of hydrogen-bond acceptors (Lipinski definition) is 4. The highest BCUT2D eigenvalue weighted by Gasteiger charge is 2.06. The van der Waals surface area contributed by atoms with Crippen LogP contribution in [0.2, 0.25) is 0 Å². The maximum atomic E-state index is 6.09. The lowest BCUT2D eigenvalue weighted by Gasteiger charge is -2.09. The highest BCUT2D eigenvalue weighted by Crippen LogP contribution is 2.31. The molecule has 0 unspecified atom stereocenters. The van der Waals surface area contributed by atoms with Crippen molar-refractivity contribution in [2.24, 2.45) is 0 Å². The minimum absolute atomic E-state index is 0.747. The van der Waals surface area contributed by atoms with Gasteiger partial charge in [-0.25, -0.2) is 4.98 Å². The summed E-state index contributed by atoms with van der Waals surface area (Å²) in [5.74, 6) is 0. The van der Waals surface area contributed by atoms with Crippen molar-refractivity contribution in [1.29, 1.82) is 0 Å². The van der Waals surface area contributed by atoms with Gasteiger partial charge in [-0.15, -0.1) is 11.3 Å². The number of hydrogen-bond donors (Lipinski definition) is 2. The topological polar surface area (TPSA) is 50.9 Å². The van der Waals surface area contributed by atoms with E-state index < -0.39 is 0 Å². The van der Waals surface area contributed by atoms with Crippen LogP contribution in [0.3, 0.4) is 0 Å². The number of anilines is 3. The quantitative estimate of drug-likeness (QED) is 0.684. The molecule has 0 aliphatic carbocycles. The average molecular weight is 269 g/mol. The number of rotatable bonds is 2. The van der Waals surface area contributed by atoms with Gasteiger partial charge in [0.25, 0.3) is 0 Å². The fourth-order valence-electron chi connectivity index (χ4n) is 2.01. The zero-order chi connectivity index (χ0) is 13.4. The number of nitrogen functional groups attached to an aromatic ring is 1. The Balaban J connectivity index is 1.99. The minimum Gasteiger partial charge on any atom is -0.397 e. The van der Waals surface area contributed by atoms with Crippen molar-refractivity contribution in [1.82, 2.24) is 4.98 Å². The summed E-state index contributed by atoms with van der Waals surface area (Å²) < 4.78 is 1.13. The van der Waals surface area contributed by atoms with Crippen LogP contribution < -0.4 is 11.1 Å². The second kappa shape index (κ2) is 4.55. The fourth-order valence-corrected chi connectivity index (χ4v) is 2.86. The number of nitrogens with one attached hydrogen (secondary N) is 1. The third kappa shape index (κ3) is 2.39. The molecule has 0 spiro atoms. The maximum Gasteiger partial charge on any atom is 0.0907 e. The van der Waals surface area contributed by atoms with E-state index in [1.54, 1.807) is 11.3 Å². The van der Waals surface area contributed by atoms with Gasteiger partial charge in [0.15, 0.2) is 0 Å². The summed E-state index contributed by atoms with van der Waals surface area (Å²) in [4.78, 5) is 4.49. The highest BCUT2D eigenvalue weighted by atomic mass is 32.1. The Hall–Kier alpha value is -2.07. The van der Waals surface area contributed by atoms with E-state index in [0.717, 1.165) is 32.3 Å². The highest BCUT2D eigenvalue weighted by molar-refractivity contribution is 7.18. The predicted octanol–water partition coefficient (Wildman–Crippen LogP) is 4.24. The summed E-state index contributed by atoms with van der Waals surface area (Å²) in [5, 5.41) is 4.40. The number of aryl methyl sites for hydroxylation is 2. The standard InChI is InChI=1S/C15H15N3S/c1-9-3-5-11(6-4-9)18-13-8-14-15(7-12(13)16)19-10(2)17-14/h3-8,18H,16H2,1-2H3. The molecular weight excluding hydrogens is 254 g/mol.